The summed E-state index contributed by atoms with van der Waals surface area (Å²) in [5, 5.41) is 10.8. The van der Waals surface area contributed by atoms with Crippen LogP contribution in [0.5, 0.6) is 0 Å². The third-order valence-corrected chi connectivity index (χ3v) is 4.82. The van der Waals surface area contributed by atoms with Crippen molar-refractivity contribution >= 4 is 17.0 Å². The lowest BCUT2D eigenvalue weighted by molar-refractivity contribution is -0.384. The Bertz CT molecular complexity index is 1070. The van der Waals surface area contributed by atoms with Gasteiger partial charge in [0.1, 0.15) is 0 Å². The summed E-state index contributed by atoms with van der Waals surface area (Å²) in [6.45, 7) is 10.1. The normalized spacial score (nSPS) is 10.5. The average molecular weight is 371 g/mol. The Morgan fingerprint density at radius 3 is 2.07 bits per heavy atom. The number of Topliss-reactive ketones (excluding diaryl/α,β-unsaturated/α-hetero) is 1. The minimum atomic E-state index is -0.466. The fourth-order valence-corrected chi connectivity index (χ4v) is 3.58. The van der Waals surface area contributed by atoms with Gasteiger partial charge >= 0.3 is 0 Å². The summed E-state index contributed by atoms with van der Waals surface area (Å²) < 4.78 is 0. The molecular weight excluding hydrogens is 350 g/mol. The van der Waals surface area contributed by atoms with E-state index < -0.39 is 4.92 Å². The number of carbonyl (C=O) groups is 1. The molecule has 0 unspecified atom stereocenters. The summed E-state index contributed by atoms with van der Waals surface area (Å²) in [5.74, 6) is -0.191. The molecule has 28 heavy (non-hydrogen) atoms. The lowest BCUT2D eigenvalue weighted by Crippen LogP contribution is -2.05. The largest absolute Gasteiger partial charge is 0.289 e. The Morgan fingerprint density at radius 1 is 0.929 bits per heavy atom. The topological polar surface area (TPSA) is 60.2 Å². The Hall–Kier alpha value is -3.53. The molecule has 0 amide bonds. The van der Waals surface area contributed by atoms with Gasteiger partial charge in [-0.25, -0.2) is 0 Å². The highest BCUT2D eigenvalue weighted by Crippen LogP contribution is 2.33. The SMILES string of the molecule is C=C(C(=O)c1ccccc1-c1c(C)cc(C)cc1C)c1ccc([N+](=O)[O-])cc1. The number of nitrogens with zero attached hydrogens (tertiary/aromatic N) is 1. The third-order valence-electron chi connectivity index (χ3n) is 4.82. The van der Waals surface area contributed by atoms with Crippen LogP contribution in [0, 0.1) is 30.9 Å². The maximum Gasteiger partial charge on any atom is 0.269 e. The predicted molar refractivity (Wildman–Crippen MR) is 113 cm³/mol. The van der Waals surface area contributed by atoms with E-state index in [2.05, 4.69) is 25.6 Å². The second-order valence-corrected chi connectivity index (χ2v) is 6.93. The van der Waals surface area contributed by atoms with Gasteiger partial charge in [0.05, 0.1) is 4.92 Å². The molecular formula is C24H21NO3. The summed E-state index contributed by atoms with van der Waals surface area (Å²) in [6, 6.07) is 17.6. The highest BCUT2D eigenvalue weighted by atomic mass is 16.6. The van der Waals surface area contributed by atoms with Crippen LogP contribution >= 0.6 is 0 Å². The van der Waals surface area contributed by atoms with Crippen molar-refractivity contribution in [1.82, 2.24) is 0 Å². The van der Waals surface area contributed by atoms with Crippen LogP contribution in [0.15, 0.2) is 67.2 Å². The van der Waals surface area contributed by atoms with Gasteiger partial charge in [0.15, 0.2) is 5.78 Å². The van der Waals surface area contributed by atoms with Gasteiger partial charge in [0, 0.05) is 23.3 Å². The maximum absolute atomic E-state index is 13.2. The van der Waals surface area contributed by atoms with E-state index in [0.29, 0.717) is 16.7 Å². The molecule has 0 aliphatic carbocycles. The predicted octanol–water partition coefficient (Wildman–Crippen LogP) is 6.08. The van der Waals surface area contributed by atoms with Crippen LogP contribution in [0.4, 0.5) is 5.69 Å². The molecule has 0 spiro atoms. The van der Waals surface area contributed by atoms with Crippen molar-refractivity contribution in [3.8, 4) is 11.1 Å². The number of rotatable bonds is 5. The molecule has 0 heterocycles. The van der Waals surface area contributed by atoms with E-state index in [1.54, 1.807) is 18.2 Å². The van der Waals surface area contributed by atoms with Crippen LogP contribution < -0.4 is 0 Å². The smallest absolute Gasteiger partial charge is 0.269 e. The van der Waals surface area contributed by atoms with Crippen molar-refractivity contribution in [2.24, 2.45) is 0 Å². The van der Waals surface area contributed by atoms with Crippen LogP contribution in [0.25, 0.3) is 16.7 Å². The number of non-ortho nitro benzene ring substituents is 1. The zero-order valence-corrected chi connectivity index (χ0v) is 16.2. The number of hydrogen-bond acceptors (Lipinski definition) is 3. The Morgan fingerprint density at radius 2 is 1.50 bits per heavy atom. The van der Waals surface area contributed by atoms with Gasteiger partial charge in [-0.05, 0) is 60.7 Å². The zero-order valence-electron chi connectivity index (χ0n) is 16.2. The van der Waals surface area contributed by atoms with Crippen molar-refractivity contribution in [3.05, 3.63) is 105 Å². The molecule has 3 aromatic carbocycles. The zero-order chi connectivity index (χ0) is 20.4. The van der Waals surface area contributed by atoms with E-state index in [9.17, 15) is 14.9 Å². The van der Waals surface area contributed by atoms with Crippen LogP contribution in [-0.4, -0.2) is 10.7 Å². The van der Waals surface area contributed by atoms with Gasteiger partial charge in [-0.3, -0.25) is 14.9 Å². The summed E-state index contributed by atoms with van der Waals surface area (Å²) in [5.41, 5.74) is 6.75. The molecule has 4 heteroatoms. The molecule has 0 bridgehead atoms. The van der Waals surface area contributed by atoms with Gasteiger partial charge in [-0.1, -0.05) is 48.5 Å². The second kappa shape index (κ2) is 7.61. The summed E-state index contributed by atoms with van der Waals surface area (Å²) >= 11 is 0. The third kappa shape index (κ3) is 3.62. The number of hydrogen-bond donors (Lipinski definition) is 0. The Kier molecular flexibility index (Phi) is 5.23. The quantitative estimate of drug-likeness (QED) is 0.236. The van der Waals surface area contributed by atoms with Crippen molar-refractivity contribution in [2.45, 2.75) is 20.8 Å². The molecule has 3 rings (SSSR count). The first-order valence-corrected chi connectivity index (χ1v) is 8.95. The molecule has 0 atom stereocenters. The fourth-order valence-electron chi connectivity index (χ4n) is 3.58. The van der Waals surface area contributed by atoms with E-state index in [1.165, 1.54) is 17.7 Å². The molecule has 0 N–H and O–H groups in total. The molecule has 0 saturated carbocycles. The van der Waals surface area contributed by atoms with E-state index in [0.717, 1.165) is 22.3 Å². The number of aryl methyl sites for hydroxylation is 3. The first kappa shape index (κ1) is 19.2. The molecule has 0 aromatic heterocycles. The summed E-state index contributed by atoms with van der Waals surface area (Å²) in [6.07, 6.45) is 0. The highest BCUT2D eigenvalue weighted by molar-refractivity contribution is 6.30. The van der Waals surface area contributed by atoms with Gasteiger partial charge in [0.25, 0.3) is 5.69 Å². The maximum atomic E-state index is 13.2. The van der Waals surface area contributed by atoms with Crippen LogP contribution in [0.3, 0.4) is 0 Å². The molecule has 0 aliphatic rings. The van der Waals surface area contributed by atoms with Crippen LogP contribution in [0.2, 0.25) is 0 Å². The van der Waals surface area contributed by atoms with Crippen LogP contribution in [-0.2, 0) is 0 Å². The monoisotopic (exact) mass is 371 g/mol. The van der Waals surface area contributed by atoms with Gasteiger partial charge in [-0.2, -0.15) is 0 Å². The molecule has 0 aliphatic heterocycles. The number of nitro groups is 1. The lowest BCUT2D eigenvalue weighted by Gasteiger charge is -2.16. The average Bonchev–Trinajstić information content (AvgIpc) is 2.66. The van der Waals surface area contributed by atoms with E-state index in [-0.39, 0.29) is 11.5 Å². The summed E-state index contributed by atoms with van der Waals surface area (Å²) in [7, 11) is 0. The first-order chi connectivity index (χ1) is 13.3. The minimum Gasteiger partial charge on any atom is -0.289 e. The standard InChI is InChI=1S/C24H21NO3/c1-15-13-16(2)23(17(3)14-15)21-7-5-6-8-22(21)24(26)18(4)19-9-11-20(12-10-19)25(27)28/h5-14H,4H2,1-3H3. The van der Waals surface area contributed by atoms with Gasteiger partial charge in [-0.15, -0.1) is 0 Å². The molecule has 0 fully saturated rings. The van der Waals surface area contributed by atoms with E-state index in [4.69, 9.17) is 0 Å². The number of carbonyl (C=O) groups excluding carboxylic acids is 1. The minimum absolute atomic E-state index is 0.0182. The van der Waals surface area contributed by atoms with Gasteiger partial charge < -0.3 is 0 Å². The molecule has 0 saturated heterocycles. The number of allylic oxidation sites excluding steroid dienone is 1. The van der Waals surface area contributed by atoms with E-state index >= 15 is 0 Å². The van der Waals surface area contributed by atoms with Gasteiger partial charge in [0.2, 0.25) is 0 Å². The number of benzene rings is 3. The van der Waals surface area contributed by atoms with Crippen molar-refractivity contribution in [1.29, 1.82) is 0 Å². The second-order valence-electron chi connectivity index (χ2n) is 6.93. The fraction of sp³-hybridized carbons (Fsp3) is 0.125. The Labute approximate surface area is 164 Å². The highest BCUT2D eigenvalue weighted by Gasteiger charge is 2.19. The summed E-state index contributed by atoms with van der Waals surface area (Å²) in [4.78, 5) is 23.6. The van der Waals surface area contributed by atoms with Crippen LogP contribution in [0.1, 0.15) is 32.6 Å². The molecule has 4 nitrogen and oxygen atoms in total. The molecule has 140 valence electrons. The first-order valence-electron chi connectivity index (χ1n) is 8.95. The van der Waals surface area contributed by atoms with Crippen molar-refractivity contribution in [2.75, 3.05) is 0 Å². The Balaban J connectivity index is 2.04. The van der Waals surface area contributed by atoms with Crippen molar-refractivity contribution < 1.29 is 9.72 Å². The lowest BCUT2D eigenvalue weighted by atomic mass is 9.87. The number of nitro benzene ring substituents is 1. The van der Waals surface area contributed by atoms with E-state index in [1.807, 2.05) is 32.0 Å². The number of ketones is 1. The molecule has 3 aromatic rings. The van der Waals surface area contributed by atoms with Crippen molar-refractivity contribution in [3.63, 3.8) is 0 Å². The molecule has 0 radical (unpaired) electrons.